The van der Waals surface area contributed by atoms with Crippen LogP contribution in [0.1, 0.15) is 23.7 Å². The minimum Gasteiger partial charge on any atom is -0.494 e. The molecule has 1 aromatic heterocycles. The number of aliphatic imine (C=N–C) groups is 1. The van der Waals surface area contributed by atoms with E-state index >= 15 is 0 Å². The van der Waals surface area contributed by atoms with Gasteiger partial charge < -0.3 is 10.5 Å². The van der Waals surface area contributed by atoms with Crippen molar-refractivity contribution in [1.82, 2.24) is 4.98 Å². The van der Waals surface area contributed by atoms with Crippen molar-refractivity contribution in [3.05, 3.63) is 53.3 Å². The van der Waals surface area contributed by atoms with E-state index in [0.717, 1.165) is 28.3 Å². The van der Waals surface area contributed by atoms with Gasteiger partial charge in [0, 0.05) is 18.0 Å². The largest absolute Gasteiger partial charge is 0.494 e. The zero-order valence-electron chi connectivity index (χ0n) is 13.2. The predicted octanol–water partition coefficient (Wildman–Crippen LogP) is 3.98. The molecular formula is C17H21N3OS. The number of rotatable bonds is 5. The second kappa shape index (κ2) is 7.84. The molecule has 1 heterocycles. The summed E-state index contributed by atoms with van der Waals surface area (Å²) in [6, 6.07) is 9.89. The Balaban J connectivity index is 2.05. The van der Waals surface area contributed by atoms with Gasteiger partial charge in [0.25, 0.3) is 0 Å². The second-order valence-electron chi connectivity index (χ2n) is 4.90. The molecule has 0 bridgehead atoms. The Hall–Kier alpha value is -2.01. The lowest BCUT2D eigenvalue weighted by atomic mass is 10.1. The van der Waals surface area contributed by atoms with Gasteiger partial charge in [0.1, 0.15) is 5.75 Å². The smallest absolute Gasteiger partial charge is 0.159 e. The molecule has 5 heteroatoms. The van der Waals surface area contributed by atoms with Crippen LogP contribution in [-0.4, -0.2) is 16.8 Å². The van der Waals surface area contributed by atoms with E-state index in [0.29, 0.717) is 17.5 Å². The number of nitrogens with two attached hydrogens (primary N) is 1. The van der Waals surface area contributed by atoms with E-state index in [1.54, 1.807) is 6.20 Å². The summed E-state index contributed by atoms with van der Waals surface area (Å²) < 4.78 is 5.47. The molecule has 2 rings (SSSR count). The summed E-state index contributed by atoms with van der Waals surface area (Å²) in [4.78, 5) is 8.85. The summed E-state index contributed by atoms with van der Waals surface area (Å²) in [7, 11) is 0. The van der Waals surface area contributed by atoms with Gasteiger partial charge in [-0.15, -0.1) is 0 Å². The molecule has 116 valence electrons. The molecule has 2 aromatic rings. The van der Waals surface area contributed by atoms with Crippen molar-refractivity contribution in [3.63, 3.8) is 0 Å². The highest BCUT2D eigenvalue weighted by Gasteiger charge is 2.04. The third-order valence-electron chi connectivity index (χ3n) is 3.13. The Morgan fingerprint density at radius 1 is 1.27 bits per heavy atom. The molecule has 1 aromatic carbocycles. The first-order valence-electron chi connectivity index (χ1n) is 7.21. The van der Waals surface area contributed by atoms with Crippen LogP contribution in [0.4, 0.5) is 5.69 Å². The fraction of sp³-hybridized carbons (Fsp3) is 0.294. The number of thioether (sulfide) groups is 1. The van der Waals surface area contributed by atoms with Gasteiger partial charge in [-0.25, -0.2) is 4.99 Å². The summed E-state index contributed by atoms with van der Waals surface area (Å²) >= 11 is 1.48. The number of benzene rings is 1. The maximum absolute atomic E-state index is 6.04. The van der Waals surface area contributed by atoms with Gasteiger partial charge in [-0.3, -0.25) is 4.98 Å². The van der Waals surface area contributed by atoms with Crippen molar-refractivity contribution in [1.29, 1.82) is 0 Å². The summed E-state index contributed by atoms with van der Waals surface area (Å²) in [6.07, 6.45) is 1.75. The van der Waals surface area contributed by atoms with E-state index in [1.165, 1.54) is 11.8 Å². The number of hydrogen-bond acceptors (Lipinski definition) is 4. The van der Waals surface area contributed by atoms with Gasteiger partial charge >= 0.3 is 0 Å². The van der Waals surface area contributed by atoms with Crippen LogP contribution in [0.25, 0.3) is 0 Å². The SMILES string of the molecule is CCOc1ccnc(CSC(N)=Nc2c(C)cccc2C)c1. The van der Waals surface area contributed by atoms with Crippen molar-refractivity contribution in [3.8, 4) is 5.75 Å². The molecule has 0 amide bonds. The third-order valence-corrected chi connectivity index (χ3v) is 3.96. The summed E-state index contributed by atoms with van der Waals surface area (Å²) in [6.45, 7) is 6.69. The van der Waals surface area contributed by atoms with Gasteiger partial charge in [-0.2, -0.15) is 0 Å². The Bertz CT molecular complexity index is 650. The third kappa shape index (κ3) is 4.49. The molecule has 0 aliphatic carbocycles. The molecule has 22 heavy (non-hydrogen) atoms. The van der Waals surface area contributed by atoms with Gasteiger partial charge in [-0.05, 0) is 38.0 Å². The Labute approximate surface area is 135 Å². The van der Waals surface area contributed by atoms with E-state index in [2.05, 4.69) is 9.98 Å². The molecule has 4 nitrogen and oxygen atoms in total. The Kier molecular flexibility index (Phi) is 5.83. The van der Waals surface area contributed by atoms with Crippen LogP contribution in [0.2, 0.25) is 0 Å². The number of aryl methyl sites for hydroxylation is 2. The number of hydrogen-bond donors (Lipinski definition) is 1. The van der Waals surface area contributed by atoms with Crippen molar-refractivity contribution < 1.29 is 4.74 Å². The lowest BCUT2D eigenvalue weighted by molar-refractivity contribution is 0.339. The van der Waals surface area contributed by atoms with E-state index in [1.807, 2.05) is 51.1 Å². The van der Waals surface area contributed by atoms with Gasteiger partial charge in [0.15, 0.2) is 5.17 Å². The summed E-state index contributed by atoms with van der Waals surface area (Å²) in [5.74, 6) is 1.50. The van der Waals surface area contributed by atoms with Gasteiger partial charge in [0.05, 0.1) is 18.0 Å². The number of amidine groups is 1. The van der Waals surface area contributed by atoms with Crippen LogP contribution in [0.15, 0.2) is 41.5 Å². The molecule has 0 saturated heterocycles. The first-order chi connectivity index (χ1) is 10.6. The predicted molar refractivity (Wildman–Crippen MR) is 93.9 cm³/mol. The quantitative estimate of drug-likeness (QED) is 0.670. The van der Waals surface area contributed by atoms with E-state index < -0.39 is 0 Å². The van der Waals surface area contributed by atoms with Crippen LogP contribution >= 0.6 is 11.8 Å². The van der Waals surface area contributed by atoms with Crippen LogP contribution in [0.3, 0.4) is 0 Å². The van der Waals surface area contributed by atoms with E-state index in [-0.39, 0.29) is 0 Å². The zero-order valence-corrected chi connectivity index (χ0v) is 14.0. The van der Waals surface area contributed by atoms with Crippen LogP contribution < -0.4 is 10.5 Å². The minimum atomic E-state index is 0.543. The maximum Gasteiger partial charge on any atom is 0.159 e. The normalized spacial score (nSPS) is 11.5. The molecule has 0 atom stereocenters. The molecule has 0 fully saturated rings. The highest BCUT2D eigenvalue weighted by molar-refractivity contribution is 8.13. The topological polar surface area (TPSA) is 60.5 Å². The molecule has 0 spiro atoms. The zero-order chi connectivity index (χ0) is 15.9. The summed E-state index contributed by atoms with van der Waals surface area (Å²) in [5.41, 5.74) is 10.2. The minimum absolute atomic E-state index is 0.543. The van der Waals surface area contributed by atoms with Gasteiger partial charge in [0.2, 0.25) is 0 Å². The van der Waals surface area contributed by atoms with Crippen LogP contribution in [0, 0.1) is 13.8 Å². The number of nitrogens with zero attached hydrogens (tertiary/aromatic N) is 2. The first kappa shape index (κ1) is 16.4. The first-order valence-corrected chi connectivity index (χ1v) is 8.19. The van der Waals surface area contributed by atoms with Crippen molar-refractivity contribution >= 4 is 22.6 Å². The van der Waals surface area contributed by atoms with Crippen LogP contribution in [0.5, 0.6) is 5.75 Å². The van der Waals surface area contributed by atoms with Crippen molar-refractivity contribution in [2.24, 2.45) is 10.7 Å². The average Bonchev–Trinajstić information content (AvgIpc) is 2.50. The number of aromatic nitrogens is 1. The molecule has 0 aliphatic heterocycles. The van der Waals surface area contributed by atoms with Gasteiger partial charge in [-0.1, -0.05) is 30.0 Å². The molecule has 0 saturated carbocycles. The molecule has 0 radical (unpaired) electrons. The highest BCUT2D eigenvalue weighted by Crippen LogP contribution is 2.24. The Morgan fingerprint density at radius 2 is 2.00 bits per heavy atom. The second-order valence-corrected chi connectivity index (χ2v) is 5.89. The lowest BCUT2D eigenvalue weighted by Crippen LogP contribution is -2.07. The monoisotopic (exact) mass is 315 g/mol. The molecule has 0 aliphatic rings. The van der Waals surface area contributed by atoms with Crippen molar-refractivity contribution in [2.45, 2.75) is 26.5 Å². The standard InChI is InChI=1S/C17H21N3OS/c1-4-21-15-8-9-19-14(10-15)11-22-17(18)20-16-12(2)6-5-7-13(16)3/h5-10H,4,11H2,1-3H3,(H2,18,20). The van der Waals surface area contributed by atoms with Crippen LogP contribution in [-0.2, 0) is 5.75 Å². The number of para-hydroxylation sites is 1. The average molecular weight is 315 g/mol. The lowest BCUT2D eigenvalue weighted by Gasteiger charge is -2.07. The summed E-state index contributed by atoms with van der Waals surface area (Å²) in [5, 5.41) is 0.543. The number of pyridine rings is 1. The molecule has 0 unspecified atom stereocenters. The molecular weight excluding hydrogens is 294 g/mol. The van der Waals surface area contributed by atoms with E-state index in [9.17, 15) is 0 Å². The molecule has 2 N–H and O–H groups in total. The maximum atomic E-state index is 6.04. The highest BCUT2D eigenvalue weighted by atomic mass is 32.2. The fourth-order valence-corrected chi connectivity index (χ4v) is 2.67. The number of ether oxygens (including phenoxy) is 1. The fourth-order valence-electron chi connectivity index (χ4n) is 2.06. The Morgan fingerprint density at radius 3 is 2.68 bits per heavy atom. The van der Waals surface area contributed by atoms with E-state index in [4.69, 9.17) is 10.5 Å². The van der Waals surface area contributed by atoms with Crippen molar-refractivity contribution in [2.75, 3.05) is 6.61 Å².